The maximum atomic E-state index is 13.7. The highest BCUT2D eigenvalue weighted by Crippen LogP contribution is 2.43. The number of aliphatic hydroxyl groups is 1. The molecule has 0 bridgehead atoms. The molecule has 0 radical (unpaired) electrons. The minimum atomic E-state index is -5.03. The number of ether oxygens (including phenoxy) is 1. The molecule has 164 valence electrons. The molecule has 1 aliphatic heterocycles. The number of alkyl halides is 3. The number of anilines is 1. The topological polar surface area (TPSA) is 65.9 Å². The molecule has 1 saturated heterocycles. The Labute approximate surface area is 176 Å². The van der Waals surface area contributed by atoms with Crippen LogP contribution in [0.15, 0.2) is 29.6 Å². The molecule has 0 spiro atoms. The van der Waals surface area contributed by atoms with Crippen LogP contribution in [0.3, 0.4) is 0 Å². The number of benzene rings is 1. The van der Waals surface area contributed by atoms with Crippen LogP contribution in [0.25, 0.3) is 0 Å². The van der Waals surface area contributed by atoms with E-state index in [9.17, 15) is 23.1 Å². The van der Waals surface area contributed by atoms with Gasteiger partial charge in [-0.15, -0.1) is 11.3 Å². The van der Waals surface area contributed by atoms with Crippen LogP contribution in [0, 0.1) is 6.92 Å². The molecule has 1 unspecified atom stereocenters. The number of halogens is 3. The first kappa shape index (κ1) is 22.5. The van der Waals surface area contributed by atoms with Gasteiger partial charge in [-0.3, -0.25) is 4.79 Å². The van der Waals surface area contributed by atoms with Crippen LogP contribution in [0.5, 0.6) is 0 Å². The van der Waals surface area contributed by atoms with Crippen LogP contribution in [0.2, 0.25) is 0 Å². The van der Waals surface area contributed by atoms with Crippen molar-refractivity contribution in [3.05, 3.63) is 45.9 Å². The summed E-state index contributed by atoms with van der Waals surface area (Å²) in [6.45, 7) is 4.24. The lowest BCUT2D eigenvalue weighted by Crippen LogP contribution is -2.46. The Morgan fingerprint density at radius 1 is 1.30 bits per heavy atom. The standard InChI is InChI=1S/C20H24F3N3O3S/c1-14-13-30-18(24-14)19(28,20(21,22)23)11-17(27)25(2)12-15-5-3-4-6-16(15)26-7-9-29-10-8-26/h3-6,13,28H,7-12H2,1-2H3. The van der Waals surface area contributed by atoms with E-state index >= 15 is 0 Å². The van der Waals surface area contributed by atoms with E-state index in [1.807, 2.05) is 24.3 Å². The highest BCUT2D eigenvalue weighted by Gasteiger charge is 2.58. The molecule has 1 atom stereocenters. The molecular weight excluding hydrogens is 419 g/mol. The third-order valence-corrected chi connectivity index (χ3v) is 6.14. The summed E-state index contributed by atoms with van der Waals surface area (Å²) in [5, 5.41) is 11.3. The quantitative estimate of drug-likeness (QED) is 0.743. The van der Waals surface area contributed by atoms with Gasteiger partial charge in [0.2, 0.25) is 11.5 Å². The summed E-state index contributed by atoms with van der Waals surface area (Å²) in [7, 11) is 1.43. The zero-order valence-electron chi connectivity index (χ0n) is 16.8. The number of aryl methyl sites for hydroxylation is 1. The molecule has 2 aromatic rings. The zero-order valence-corrected chi connectivity index (χ0v) is 17.6. The Morgan fingerprint density at radius 2 is 1.97 bits per heavy atom. The normalized spacial score (nSPS) is 16.9. The van der Waals surface area contributed by atoms with E-state index in [-0.39, 0.29) is 6.54 Å². The molecule has 1 amide bonds. The van der Waals surface area contributed by atoms with Gasteiger partial charge in [-0.25, -0.2) is 4.98 Å². The summed E-state index contributed by atoms with van der Waals surface area (Å²) in [6.07, 6.45) is -6.15. The fourth-order valence-electron chi connectivity index (χ4n) is 3.30. The molecule has 0 aliphatic carbocycles. The van der Waals surface area contributed by atoms with Crippen molar-refractivity contribution in [3.63, 3.8) is 0 Å². The average Bonchev–Trinajstić information content (AvgIpc) is 3.15. The molecule has 1 aromatic carbocycles. The Balaban J connectivity index is 1.77. The van der Waals surface area contributed by atoms with Crippen molar-refractivity contribution in [2.75, 3.05) is 38.3 Å². The summed E-state index contributed by atoms with van der Waals surface area (Å²) in [5.41, 5.74) is -1.23. The fourth-order valence-corrected chi connectivity index (χ4v) is 4.21. The van der Waals surface area contributed by atoms with E-state index in [0.29, 0.717) is 43.3 Å². The number of aromatic nitrogens is 1. The molecule has 1 N–H and O–H groups in total. The monoisotopic (exact) mass is 443 g/mol. The number of carbonyl (C=O) groups is 1. The second kappa shape index (κ2) is 8.91. The lowest BCUT2D eigenvalue weighted by atomic mass is 9.98. The van der Waals surface area contributed by atoms with E-state index in [2.05, 4.69) is 9.88 Å². The number of morpholine rings is 1. The number of para-hydroxylation sites is 1. The highest BCUT2D eigenvalue weighted by molar-refractivity contribution is 7.09. The number of amides is 1. The third-order valence-electron chi connectivity index (χ3n) is 5.03. The SMILES string of the molecule is Cc1csc(C(O)(CC(=O)N(C)Cc2ccccc2N2CCOCC2)C(F)(F)F)n1. The van der Waals surface area contributed by atoms with E-state index in [0.717, 1.165) is 11.3 Å². The molecule has 1 fully saturated rings. The first-order chi connectivity index (χ1) is 14.1. The van der Waals surface area contributed by atoms with Gasteiger partial charge in [0, 0.05) is 43.4 Å². The molecule has 1 aliphatic rings. The Hall–Kier alpha value is -2.17. The number of hydrogen-bond acceptors (Lipinski definition) is 6. The van der Waals surface area contributed by atoms with E-state index < -0.39 is 29.1 Å². The van der Waals surface area contributed by atoms with Crippen molar-refractivity contribution in [1.29, 1.82) is 0 Å². The van der Waals surface area contributed by atoms with Crippen molar-refractivity contribution in [2.24, 2.45) is 0 Å². The van der Waals surface area contributed by atoms with Gasteiger partial charge in [0.15, 0.2) is 0 Å². The van der Waals surface area contributed by atoms with Crippen molar-refractivity contribution in [3.8, 4) is 0 Å². The van der Waals surface area contributed by atoms with E-state index in [4.69, 9.17) is 4.74 Å². The second-order valence-corrected chi connectivity index (χ2v) is 8.16. The van der Waals surface area contributed by atoms with Gasteiger partial charge in [-0.05, 0) is 18.6 Å². The maximum absolute atomic E-state index is 13.7. The average molecular weight is 443 g/mol. The molecule has 2 heterocycles. The van der Waals surface area contributed by atoms with Gasteiger partial charge in [0.1, 0.15) is 5.01 Å². The summed E-state index contributed by atoms with van der Waals surface area (Å²) >= 11 is 0.692. The third kappa shape index (κ3) is 4.76. The summed E-state index contributed by atoms with van der Waals surface area (Å²) < 4.78 is 46.4. The lowest BCUT2D eigenvalue weighted by molar-refractivity contribution is -0.268. The maximum Gasteiger partial charge on any atom is 0.424 e. The van der Waals surface area contributed by atoms with Crippen LogP contribution in [0.4, 0.5) is 18.9 Å². The highest BCUT2D eigenvalue weighted by atomic mass is 32.1. The van der Waals surface area contributed by atoms with Crippen molar-refractivity contribution in [1.82, 2.24) is 9.88 Å². The number of nitrogens with zero attached hydrogens (tertiary/aromatic N) is 3. The van der Waals surface area contributed by atoms with E-state index in [1.165, 1.54) is 24.3 Å². The molecule has 0 saturated carbocycles. The van der Waals surface area contributed by atoms with Gasteiger partial charge in [0.25, 0.3) is 0 Å². The van der Waals surface area contributed by atoms with Gasteiger partial charge in [0.05, 0.1) is 19.6 Å². The Bertz CT molecular complexity index is 883. The summed E-state index contributed by atoms with van der Waals surface area (Å²) in [6, 6.07) is 7.46. The smallest absolute Gasteiger partial charge is 0.378 e. The van der Waals surface area contributed by atoms with Gasteiger partial charge in [-0.1, -0.05) is 18.2 Å². The molecule has 6 nitrogen and oxygen atoms in total. The number of carbonyl (C=O) groups excluding carboxylic acids is 1. The van der Waals surface area contributed by atoms with Crippen molar-refractivity contribution >= 4 is 22.9 Å². The number of hydrogen-bond donors (Lipinski definition) is 1. The molecule has 30 heavy (non-hydrogen) atoms. The van der Waals surface area contributed by atoms with Gasteiger partial charge in [-0.2, -0.15) is 13.2 Å². The van der Waals surface area contributed by atoms with Crippen molar-refractivity contribution < 1.29 is 27.8 Å². The predicted molar refractivity (Wildman–Crippen MR) is 107 cm³/mol. The van der Waals surface area contributed by atoms with Gasteiger partial charge < -0.3 is 19.6 Å². The molecular formula is C20H24F3N3O3S. The summed E-state index contributed by atoms with van der Waals surface area (Å²) in [5.74, 6) is -0.820. The predicted octanol–water partition coefficient (Wildman–Crippen LogP) is 3.09. The molecule has 3 rings (SSSR count). The minimum absolute atomic E-state index is 0.122. The van der Waals surface area contributed by atoms with Crippen LogP contribution in [0.1, 0.15) is 22.7 Å². The first-order valence-corrected chi connectivity index (χ1v) is 10.4. The Kier molecular flexibility index (Phi) is 6.68. The molecule has 10 heteroatoms. The van der Waals surface area contributed by atoms with Crippen LogP contribution >= 0.6 is 11.3 Å². The van der Waals surface area contributed by atoms with E-state index in [1.54, 1.807) is 0 Å². The number of thiazole rings is 1. The van der Waals surface area contributed by atoms with Crippen LogP contribution in [-0.4, -0.2) is 60.4 Å². The minimum Gasteiger partial charge on any atom is -0.378 e. The second-order valence-electron chi connectivity index (χ2n) is 7.31. The zero-order chi connectivity index (χ0) is 21.9. The van der Waals surface area contributed by atoms with Crippen LogP contribution < -0.4 is 4.90 Å². The Morgan fingerprint density at radius 3 is 2.57 bits per heavy atom. The fraction of sp³-hybridized carbons (Fsp3) is 0.500. The van der Waals surface area contributed by atoms with Crippen molar-refractivity contribution in [2.45, 2.75) is 31.7 Å². The first-order valence-electron chi connectivity index (χ1n) is 9.48. The summed E-state index contributed by atoms with van der Waals surface area (Å²) in [4.78, 5) is 19.8. The largest absolute Gasteiger partial charge is 0.424 e. The lowest BCUT2D eigenvalue weighted by Gasteiger charge is -2.32. The number of rotatable bonds is 6. The molecule has 1 aromatic heterocycles. The van der Waals surface area contributed by atoms with Gasteiger partial charge >= 0.3 is 6.18 Å². The van der Waals surface area contributed by atoms with Crippen LogP contribution in [-0.2, 0) is 21.7 Å².